The molecular weight excluding hydrogens is 206 g/mol. The molecule has 0 aliphatic heterocycles. The van der Waals surface area contributed by atoms with Gasteiger partial charge in [0.15, 0.2) is 0 Å². The lowest BCUT2D eigenvalue weighted by Gasteiger charge is -2.16. The molecule has 0 aromatic heterocycles. The van der Waals surface area contributed by atoms with E-state index in [4.69, 9.17) is 5.73 Å². The molecule has 0 bridgehead atoms. The van der Waals surface area contributed by atoms with Crippen LogP contribution in [-0.2, 0) is 12.8 Å². The van der Waals surface area contributed by atoms with Gasteiger partial charge >= 0.3 is 0 Å². The topological polar surface area (TPSA) is 26.0 Å². The molecule has 0 atom stereocenters. The fraction of sp³-hybridized carbons (Fsp3) is 0.625. The zero-order valence-electron chi connectivity index (χ0n) is 10.8. The van der Waals surface area contributed by atoms with Crippen molar-refractivity contribution in [2.75, 3.05) is 6.54 Å². The summed E-state index contributed by atoms with van der Waals surface area (Å²) in [6, 6.07) is 8.86. The average Bonchev–Trinajstić information content (AvgIpc) is 2.61. The minimum Gasteiger partial charge on any atom is -0.330 e. The molecule has 1 heteroatoms. The molecule has 1 aromatic carbocycles. The maximum atomic E-state index is 5.69. The van der Waals surface area contributed by atoms with Gasteiger partial charge in [-0.05, 0) is 36.4 Å². The van der Waals surface area contributed by atoms with E-state index in [1.807, 2.05) is 0 Å². The van der Waals surface area contributed by atoms with E-state index < -0.39 is 0 Å². The molecule has 1 aromatic rings. The van der Waals surface area contributed by atoms with Crippen molar-refractivity contribution in [2.24, 2.45) is 11.7 Å². The molecule has 1 aliphatic carbocycles. The normalized spacial score (nSPS) is 17.9. The van der Waals surface area contributed by atoms with Crippen LogP contribution in [0, 0.1) is 5.92 Å². The predicted molar refractivity (Wildman–Crippen MR) is 74.1 cm³/mol. The largest absolute Gasteiger partial charge is 0.330 e. The van der Waals surface area contributed by atoms with Gasteiger partial charge in [-0.15, -0.1) is 0 Å². The zero-order valence-corrected chi connectivity index (χ0v) is 10.8. The van der Waals surface area contributed by atoms with E-state index in [2.05, 4.69) is 24.3 Å². The van der Waals surface area contributed by atoms with Gasteiger partial charge in [0.05, 0.1) is 0 Å². The standard InChI is InChI=1S/C16H25N/c17-12-11-15-9-5-6-10-16(15)13-14-7-3-1-2-4-8-14/h5-6,9-10,14H,1-4,7-8,11-13,17H2. The van der Waals surface area contributed by atoms with Crippen molar-refractivity contribution >= 4 is 0 Å². The van der Waals surface area contributed by atoms with Gasteiger partial charge in [0.1, 0.15) is 0 Å². The smallest absolute Gasteiger partial charge is 0.00366 e. The first-order valence-corrected chi connectivity index (χ1v) is 7.17. The van der Waals surface area contributed by atoms with Crippen LogP contribution in [0.15, 0.2) is 24.3 Å². The first-order chi connectivity index (χ1) is 8.40. The van der Waals surface area contributed by atoms with Crippen molar-refractivity contribution in [3.63, 3.8) is 0 Å². The predicted octanol–water partition coefficient (Wildman–Crippen LogP) is 3.70. The van der Waals surface area contributed by atoms with E-state index >= 15 is 0 Å². The van der Waals surface area contributed by atoms with E-state index in [9.17, 15) is 0 Å². The molecular formula is C16H25N. The SMILES string of the molecule is NCCc1ccccc1CC1CCCCCC1. The molecule has 0 spiro atoms. The van der Waals surface area contributed by atoms with Crippen molar-refractivity contribution in [1.29, 1.82) is 0 Å². The number of hydrogen-bond acceptors (Lipinski definition) is 1. The van der Waals surface area contributed by atoms with Crippen LogP contribution in [0.25, 0.3) is 0 Å². The van der Waals surface area contributed by atoms with Crippen molar-refractivity contribution in [3.05, 3.63) is 35.4 Å². The minimum atomic E-state index is 0.766. The molecule has 0 unspecified atom stereocenters. The lowest BCUT2D eigenvalue weighted by molar-refractivity contribution is 0.456. The van der Waals surface area contributed by atoms with Crippen LogP contribution < -0.4 is 5.73 Å². The summed E-state index contributed by atoms with van der Waals surface area (Å²) in [6.07, 6.45) is 10.9. The minimum absolute atomic E-state index is 0.766. The van der Waals surface area contributed by atoms with E-state index in [1.54, 1.807) is 5.56 Å². The fourth-order valence-corrected chi connectivity index (χ4v) is 3.04. The number of hydrogen-bond donors (Lipinski definition) is 1. The molecule has 2 rings (SSSR count). The van der Waals surface area contributed by atoms with Crippen LogP contribution in [0.5, 0.6) is 0 Å². The molecule has 1 aliphatic rings. The molecule has 1 nitrogen and oxygen atoms in total. The first kappa shape index (κ1) is 12.6. The third-order valence-corrected chi connectivity index (χ3v) is 4.02. The summed E-state index contributed by atoms with van der Waals surface area (Å²) in [5, 5.41) is 0. The van der Waals surface area contributed by atoms with Crippen LogP contribution in [0.1, 0.15) is 49.7 Å². The highest BCUT2D eigenvalue weighted by atomic mass is 14.5. The Morgan fingerprint density at radius 3 is 2.24 bits per heavy atom. The molecule has 1 fully saturated rings. The van der Waals surface area contributed by atoms with Gasteiger partial charge in [0.25, 0.3) is 0 Å². The van der Waals surface area contributed by atoms with Crippen molar-refractivity contribution in [3.8, 4) is 0 Å². The fourth-order valence-electron chi connectivity index (χ4n) is 3.04. The van der Waals surface area contributed by atoms with E-state index in [0.717, 1.165) is 18.9 Å². The van der Waals surface area contributed by atoms with E-state index in [0.29, 0.717) is 0 Å². The Hall–Kier alpha value is -0.820. The van der Waals surface area contributed by atoms with E-state index in [1.165, 1.54) is 50.5 Å². The highest BCUT2D eigenvalue weighted by molar-refractivity contribution is 5.27. The van der Waals surface area contributed by atoms with Gasteiger partial charge < -0.3 is 5.73 Å². The summed E-state index contributed by atoms with van der Waals surface area (Å²) in [7, 11) is 0. The Balaban J connectivity index is 2.00. The third kappa shape index (κ3) is 3.85. The Bertz CT molecular complexity index is 324. The summed E-state index contributed by atoms with van der Waals surface area (Å²) in [4.78, 5) is 0. The molecule has 1 saturated carbocycles. The summed E-state index contributed by atoms with van der Waals surface area (Å²) in [5.41, 5.74) is 8.71. The number of nitrogens with two attached hydrogens (primary N) is 1. The molecule has 0 saturated heterocycles. The highest BCUT2D eigenvalue weighted by Gasteiger charge is 2.14. The molecule has 0 amide bonds. The number of rotatable bonds is 4. The summed E-state index contributed by atoms with van der Waals surface area (Å²) in [5.74, 6) is 0.913. The second-order valence-electron chi connectivity index (χ2n) is 5.37. The summed E-state index contributed by atoms with van der Waals surface area (Å²) < 4.78 is 0. The molecule has 17 heavy (non-hydrogen) atoms. The highest BCUT2D eigenvalue weighted by Crippen LogP contribution is 2.27. The Labute approximate surface area is 105 Å². The summed E-state index contributed by atoms with van der Waals surface area (Å²) in [6.45, 7) is 0.766. The van der Waals surface area contributed by atoms with Crippen LogP contribution in [-0.4, -0.2) is 6.54 Å². The maximum absolute atomic E-state index is 5.69. The second kappa shape index (κ2) is 6.80. The number of benzene rings is 1. The second-order valence-corrected chi connectivity index (χ2v) is 5.37. The lowest BCUT2D eigenvalue weighted by atomic mass is 9.89. The van der Waals surface area contributed by atoms with Crippen molar-refractivity contribution in [2.45, 2.75) is 51.4 Å². The average molecular weight is 231 g/mol. The molecule has 94 valence electrons. The van der Waals surface area contributed by atoms with Crippen molar-refractivity contribution < 1.29 is 0 Å². The quantitative estimate of drug-likeness (QED) is 0.786. The van der Waals surface area contributed by atoms with Crippen LogP contribution >= 0.6 is 0 Å². The van der Waals surface area contributed by atoms with Crippen LogP contribution in [0.3, 0.4) is 0 Å². The van der Waals surface area contributed by atoms with Gasteiger partial charge in [-0.1, -0.05) is 62.8 Å². The van der Waals surface area contributed by atoms with Gasteiger partial charge in [-0.3, -0.25) is 0 Å². The molecule has 0 heterocycles. The Morgan fingerprint density at radius 1 is 0.941 bits per heavy atom. The van der Waals surface area contributed by atoms with Gasteiger partial charge in [0.2, 0.25) is 0 Å². The molecule has 0 radical (unpaired) electrons. The maximum Gasteiger partial charge on any atom is -0.00366 e. The molecule has 2 N–H and O–H groups in total. The van der Waals surface area contributed by atoms with E-state index in [-0.39, 0.29) is 0 Å². The van der Waals surface area contributed by atoms with Crippen molar-refractivity contribution in [1.82, 2.24) is 0 Å². The van der Waals surface area contributed by atoms with Gasteiger partial charge in [-0.2, -0.15) is 0 Å². The Kier molecular flexibility index (Phi) is 5.06. The Morgan fingerprint density at radius 2 is 1.59 bits per heavy atom. The van der Waals surface area contributed by atoms with Gasteiger partial charge in [-0.25, -0.2) is 0 Å². The third-order valence-electron chi connectivity index (χ3n) is 4.02. The lowest BCUT2D eigenvalue weighted by Crippen LogP contribution is -2.09. The monoisotopic (exact) mass is 231 g/mol. The summed E-state index contributed by atoms with van der Waals surface area (Å²) >= 11 is 0. The van der Waals surface area contributed by atoms with Crippen LogP contribution in [0.4, 0.5) is 0 Å². The first-order valence-electron chi connectivity index (χ1n) is 7.17. The zero-order chi connectivity index (χ0) is 11.9. The van der Waals surface area contributed by atoms with Crippen LogP contribution in [0.2, 0.25) is 0 Å². The van der Waals surface area contributed by atoms with Gasteiger partial charge in [0, 0.05) is 0 Å².